The Balaban J connectivity index is 2.31. The average Bonchev–Trinajstić information content (AvgIpc) is 2.63. The minimum absolute atomic E-state index is 0.0339. The molecule has 2 heterocycles. The number of halogens is 1. The van der Waals surface area contributed by atoms with E-state index in [9.17, 15) is 8.42 Å². The molecule has 0 bridgehead atoms. The van der Waals surface area contributed by atoms with E-state index in [1.165, 1.54) is 18.3 Å². The summed E-state index contributed by atoms with van der Waals surface area (Å²) in [5, 5.41) is 7.10. The molecule has 0 aromatic carbocycles. The molecule has 0 atom stereocenters. The largest absolute Gasteiger partial charge is 0.408 e. The molecule has 90 valence electrons. The minimum atomic E-state index is -3.79. The molecule has 0 aliphatic carbocycles. The fourth-order valence-corrected chi connectivity index (χ4v) is 2.24. The van der Waals surface area contributed by atoms with Gasteiger partial charge in [0.25, 0.3) is 10.0 Å². The Labute approximate surface area is 102 Å². The highest BCUT2D eigenvalue weighted by atomic mass is 35.5. The number of aryl methyl sites for hydroxylation is 1. The van der Waals surface area contributed by atoms with Gasteiger partial charge in [-0.25, -0.2) is 18.1 Å². The van der Waals surface area contributed by atoms with Crippen LogP contribution in [-0.2, 0) is 10.0 Å². The quantitative estimate of drug-likeness (QED) is 0.845. The third kappa shape index (κ3) is 2.71. The summed E-state index contributed by atoms with van der Waals surface area (Å²) in [7, 11) is -3.79. The molecule has 9 heteroatoms. The lowest BCUT2D eigenvalue weighted by atomic mass is 10.5. The van der Waals surface area contributed by atoms with E-state index in [0.717, 1.165) is 0 Å². The molecule has 0 spiro atoms. The second kappa shape index (κ2) is 4.30. The Hall–Kier alpha value is -1.67. The van der Waals surface area contributed by atoms with Crippen LogP contribution in [0.4, 0.5) is 6.01 Å². The van der Waals surface area contributed by atoms with Gasteiger partial charge in [-0.3, -0.25) is 0 Å². The molecule has 2 rings (SSSR count). The molecule has 0 aliphatic rings. The van der Waals surface area contributed by atoms with Crippen LogP contribution < -0.4 is 4.72 Å². The first kappa shape index (κ1) is 11.8. The molecule has 0 amide bonds. The first-order chi connectivity index (χ1) is 7.97. The Morgan fingerprint density at radius 3 is 2.76 bits per heavy atom. The van der Waals surface area contributed by atoms with E-state index in [1.807, 2.05) is 0 Å². The van der Waals surface area contributed by atoms with Crippen molar-refractivity contribution in [3.63, 3.8) is 0 Å². The van der Waals surface area contributed by atoms with Gasteiger partial charge < -0.3 is 4.42 Å². The normalized spacial score (nSPS) is 11.4. The van der Waals surface area contributed by atoms with Gasteiger partial charge in [0, 0.05) is 13.1 Å². The Bertz CT molecular complexity index is 640. The van der Waals surface area contributed by atoms with Crippen LogP contribution in [0.5, 0.6) is 0 Å². The van der Waals surface area contributed by atoms with Crippen molar-refractivity contribution in [1.29, 1.82) is 0 Å². The van der Waals surface area contributed by atoms with Crippen molar-refractivity contribution < 1.29 is 12.8 Å². The maximum Gasteiger partial charge on any atom is 0.329 e. The van der Waals surface area contributed by atoms with E-state index in [1.54, 1.807) is 6.92 Å². The number of hydrogen-bond donors (Lipinski definition) is 1. The van der Waals surface area contributed by atoms with Crippen molar-refractivity contribution in [2.45, 2.75) is 11.8 Å². The lowest BCUT2D eigenvalue weighted by molar-refractivity contribution is 0.534. The van der Waals surface area contributed by atoms with Crippen molar-refractivity contribution >= 4 is 27.6 Å². The van der Waals surface area contributed by atoms with E-state index in [0.29, 0.717) is 0 Å². The van der Waals surface area contributed by atoms with Gasteiger partial charge in [0.2, 0.25) is 5.89 Å². The van der Waals surface area contributed by atoms with Crippen LogP contribution in [0.15, 0.2) is 27.6 Å². The van der Waals surface area contributed by atoms with Crippen LogP contribution in [0.25, 0.3) is 0 Å². The van der Waals surface area contributed by atoms with Gasteiger partial charge in [-0.2, -0.15) is 0 Å². The first-order valence-electron chi connectivity index (χ1n) is 4.42. The topological polar surface area (TPSA) is 98.0 Å². The van der Waals surface area contributed by atoms with Gasteiger partial charge in [-0.1, -0.05) is 16.7 Å². The lowest BCUT2D eigenvalue weighted by Crippen LogP contribution is -2.13. The van der Waals surface area contributed by atoms with Crippen molar-refractivity contribution in [3.8, 4) is 0 Å². The zero-order valence-electron chi connectivity index (χ0n) is 8.58. The van der Waals surface area contributed by atoms with Gasteiger partial charge >= 0.3 is 6.01 Å². The van der Waals surface area contributed by atoms with E-state index in [2.05, 4.69) is 19.9 Å². The van der Waals surface area contributed by atoms with Crippen LogP contribution in [0.2, 0.25) is 5.15 Å². The highest BCUT2D eigenvalue weighted by Gasteiger charge is 2.17. The van der Waals surface area contributed by atoms with Crippen LogP contribution >= 0.6 is 11.6 Å². The number of anilines is 1. The number of nitrogens with zero attached hydrogens (tertiary/aromatic N) is 3. The second-order valence-corrected chi connectivity index (χ2v) is 5.12. The summed E-state index contributed by atoms with van der Waals surface area (Å²) in [6, 6.07) is 2.32. The molecule has 1 N–H and O–H groups in total. The summed E-state index contributed by atoms with van der Waals surface area (Å²) in [5.74, 6) is 0.260. The monoisotopic (exact) mass is 274 g/mol. The number of nitrogens with one attached hydrogen (secondary N) is 1. The number of hydrogen-bond acceptors (Lipinski definition) is 6. The smallest absolute Gasteiger partial charge is 0.329 e. The van der Waals surface area contributed by atoms with Crippen molar-refractivity contribution in [2.75, 3.05) is 4.72 Å². The Kier molecular flexibility index (Phi) is 2.99. The Morgan fingerprint density at radius 2 is 2.18 bits per heavy atom. The third-order valence-corrected chi connectivity index (χ3v) is 3.28. The minimum Gasteiger partial charge on any atom is -0.408 e. The summed E-state index contributed by atoms with van der Waals surface area (Å²) >= 11 is 5.60. The SMILES string of the molecule is Cc1nnc(NS(=O)(=O)c2ccnc(Cl)c2)o1. The molecule has 2 aromatic heterocycles. The molecule has 17 heavy (non-hydrogen) atoms. The van der Waals surface area contributed by atoms with Crippen LogP contribution in [0.3, 0.4) is 0 Å². The predicted molar refractivity (Wildman–Crippen MR) is 59.1 cm³/mol. The Morgan fingerprint density at radius 1 is 1.41 bits per heavy atom. The van der Waals surface area contributed by atoms with Gasteiger partial charge in [-0.05, 0) is 12.1 Å². The fraction of sp³-hybridized carbons (Fsp3) is 0.125. The third-order valence-electron chi connectivity index (χ3n) is 1.76. The van der Waals surface area contributed by atoms with Crippen LogP contribution in [-0.4, -0.2) is 23.6 Å². The molecule has 2 aromatic rings. The zero-order valence-corrected chi connectivity index (χ0v) is 10.2. The average molecular weight is 275 g/mol. The van der Waals surface area contributed by atoms with Crippen molar-refractivity contribution in [1.82, 2.24) is 15.2 Å². The van der Waals surface area contributed by atoms with E-state index < -0.39 is 10.0 Å². The van der Waals surface area contributed by atoms with Crippen molar-refractivity contribution in [2.24, 2.45) is 0 Å². The first-order valence-corrected chi connectivity index (χ1v) is 6.28. The maximum atomic E-state index is 11.8. The van der Waals surface area contributed by atoms with E-state index >= 15 is 0 Å². The van der Waals surface area contributed by atoms with Crippen LogP contribution in [0, 0.1) is 6.92 Å². The van der Waals surface area contributed by atoms with Gasteiger partial charge in [0.05, 0.1) is 4.90 Å². The number of pyridine rings is 1. The molecule has 0 unspecified atom stereocenters. The summed E-state index contributed by atoms with van der Waals surface area (Å²) < 4.78 is 30.7. The van der Waals surface area contributed by atoms with Crippen LogP contribution in [0.1, 0.15) is 5.89 Å². The second-order valence-electron chi connectivity index (χ2n) is 3.05. The van der Waals surface area contributed by atoms with Gasteiger partial charge in [-0.15, -0.1) is 5.10 Å². The number of sulfonamides is 1. The summed E-state index contributed by atoms with van der Waals surface area (Å²) in [5.41, 5.74) is 0. The van der Waals surface area contributed by atoms with E-state index in [-0.39, 0.29) is 22.0 Å². The standard InChI is InChI=1S/C8H7ClN4O3S/c1-5-11-12-8(16-5)13-17(14,15)6-2-3-10-7(9)4-6/h2-4H,1H3,(H,12,13). The maximum absolute atomic E-state index is 11.8. The van der Waals surface area contributed by atoms with E-state index in [4.69, 9.17) is 16.0 Å². The fourth-order valence-electron chi connectivity index (χ4n) is 1.06. The van der Waals surface area contributed by atoms with Crippen molar-refractivity contribution in [3.05, 3.63) is 29.4 Å². The highest BCUT2D eigenvalue weighted by molar-refractivity contribution is 7.92. The molecule has 0 fully saturated rings. The molecule has 0 aliphatic heterocycles. The lowest BCUT2D eigenvalue weighted by Gasteiger charge is -2.03. The van der Waals surface area contributed by atoms with Gasteiger partial charge in [0.1, 0.15) is 5.15 Å². The number of rotatable bonds is 3. The highest BCUT2D eigenvalue weighted by Crippen LogP contribution is 2.16. The molecule has 0 saturated heterocycles. The summed E-state index contributed by atoms with van der Waals surface area (Å²) in [4.78, 5) is 3.65. The predicted octanol–water partition coefficient (Wildman–Crippen LogP) is 1.23. The van der Waals surface area contributed by atoms with Gasteiger partial charge in [0.15, 0.2) is 0 Å². The number of aromatic nitrogens is 3. The summed E-state index contributed by atoms with van der Waals surface area (Å²) in [6.45, 7) is 1.55. The molecule has 0 radical (unpaired) electrons. The molecular formula is C8H7ClN4O3S. The zero-order chi connectivity index (χ0) is 12.5. The molecule has 7 nitrogen and oxygen atoms in total. The molecule has 0 saturated carbocycles. The summed E-state index contributed by atoms with van der Waals surface area (Å²) in [6.07, 6.45) is 1.29. The molecular weight excluding hydrogens is 268 g/mol.